The summed E-state index contributed by atoms with van der Waals surface area (Å²) >= 11 is 14.2. The fourth-order valence-electron chi connectivity index (χ4n) is 1.35. The van der Waals surface area contributed by atoms with Crippen LogP contribution in [0.5, 0.6) is 0 Å². The molecule has 0 atom stereocenters. The molecular weight excluding hydrogens is 388 g/mol. The molecule has 0 bridgehead atoms. The Balaban J connectivity index is 2.56. The Kier molecular flexibility index (Phi) is 4.71. The summed E-state index contributed by atoms with van der Waals surface area (Å²) in [6.45, 7) is 0.359. The number of pyridine rings is 1. The molecule has 94 valence electrons. The molecule has 2 aromatic heterocycles. The monoisotopic (exact) mass is 395 g/mol. The third-order valence-corrected chi connectivity index (χ3v) is 4.16. The fraction of sp³-hybridized carbons (Fsp3) is 0.182. The molecule has 0 amide bonds. The Morgan fingerprint density at radius 1 is 1.33 bits per heavy atom. The Morgan fingerprint density at radius 2 is 2.11 bits per heavy atom. The Bertz CT molecular complexity index is 580. The molecule has 2 rings (SSSR count). The van der Waals surface area contributed by atoms with E-state index in [-0.39, 0.29) is 0 Å². The van der Waals surface area contributed by atoms with Crippen LogP contribution in [0.4, 0.5) is 0 Å². The summed E-state index contributed by atoms with van der Waals surface area (Å²) in [5, 5.41) is 0.854. The zero-order valence-electron chi connectivity index (χ0n) is 9.32. The van der Waals surface area contributed by atoms with Crippen LogP contribution in [0, 0.1) is 3.57 Å². The standard InChI is InChI=1S/C11H8Cl2IN3O/c1-18-5-7-8(14)10(13)17-11(16-7)9-6(12)3-2-4-15-9/h2-4H,5H2,1H3. The van der Waals surface area contributed by atoms with Crippen molar-refractivity contribution >= 4 is 45.8 Å². The minimum absolute atomic E-state index is 0.359. The van der Waals surface area contributed by atoms with Gasteiger partial charge in [0.25, 0.3) is 0 Å². The maximum absolute atomic E-state index is 6.07. The predicted molar refractivity (Wildman–Crippen MR) is 78.7 cm³/mol. The number of rotatable bonds is 3. The van der Waals surface area contributed by atoms with Crippen LogP contribution in [-0.2, 0) is 11.3 Å². The summed E-state index contributed by atoms with van der Waals surface area (Å²) in [5.74, 6) is 0.401. The first kappa shape index (κ1) is 13.9. The Morgan fingerprint density at radius 3 is 2.78 bits per heavy atom. The van der Waals surface area contributed by atoms with Crippen molar-refractivity contribution in [1.82, 2.24) is 15.0 Å². The van der Waals surface area contributed by atoms with Gasteiger partial charge in [0.1, 0.15) is 10.8 Å². The lowest BCUT2D eigenvalue weighted by Gasteiger charge is -2.07. The first-order valence-corrected chi connectivity index (χ1v) is 6.78. The summed E-state index contributed by atoms with van der Waals surface area (Å²) in [7, 11) is 1.60. The topological polar surface area (TPSA) is 47.9 Å². The Labute approximate surface area is 128 Å². The molecule has 0 aliphatic rings. The van der Waals surface area contributed by atoms with Crippen LogP contribution < -0.4 is 0 Å². The number of ether oxygens (including phenoxy) is 1. The molecule has 0 N–H and O–H groups in total. The molecule has 0 aliphatic heterocycles. The zero-order valence-corrected chi connectivity index (χ0v) is 13.0. The molecule has 0 aliphatic carbocycles. The quantitative estimate of drug-likeness (QED) is 0.588. The fourth-order valence-corrected chi connectivity index (χ4v) is 2.14. The van der Waals surface area contributed by atoms with Crippen molar-refractivity contribution in [2.75, 3.05) is 7.11 Å². The number of hydrogen-bond donors (Lipinski definition) is 0. The van der Waals surface area contributed by atoms with Crippen molar-refractivity contribution < 1.29 is 4.74 Å². The predicted octanol–water partition coefficient (Wildman–Crippen LogP) is 3.60. The zero-order chi connectivity index (χ0) is 13.1. The summed E-state index contributed by atoms with van der Waals surface area (Å²) < 4.78 is 5.85. The molecule has 0 spiro atoms. The van der Waals surface area contributed by atoms with E-state index in [1.165, 1.54) is 0 Å². The van der Waals surface area contributed by atoms with Crippen LogP contribution in [0.15, 0.2) is 18.3 Å². The van der Waals surface area contributed by atoms with Crippen molar-refractivity contribution in [3.63, 3.8) is 0 Å². The number of hydrogen-bond acceptors (Lipinski definition) is 4. The summed E-state index contributed by atoms with van der Waals surface area (Å²) in [4.78, 5) is 12.7. The van der Waals surface area contributed by atoms with Crippen molar-refractivity contribution in [2.24, 2.45) is 0 Å². The van der Waals surface area contributed by atoms with Crippen molar-refractivity contribution in [3.05, 3.63) is 37.8 Å². The van der Waals surface area contributed by atoms with Gasteiger partial charge in [-0.25, -0.2) is 9.97 Å². The number of aromatic nitrogens is 3. The van der Waals surface area contributed by atoms with Crippen LogP contribution in [0.25, 0.3) is 11.5 Å². The van der Waals surface area contributed by atoms with E-state index in [0.717, 1.165) is 9.26 Å². The SMILES string of the molecule is COCc1nc(-c2ncccc2Cl)nc(Cl)c1I. The summed E-state index contributed by atoms with van der Waals surface area (Å²) in [5.41, 5.74) is 1.23. The van der Waals surface area contributed by atoms with Crippen LogP contribution in [0.3, 0.4) is 0 Å². The molecule has 0 fully saturated rings. The maximum atomic E-state index is 6.07. The lowest BCUT2D eigenvalue weighted by atomic mass is 10.3. The van der Waals surface area contributed by atoms with Gasteiger partial charge in [-0.1, -0.05) is 23.2 Å². The number of methoxy groups -OCH3 is 1. The van der Waals surface area contributed by atoms with Gasteiger partial charge in [0, 0.05) is 13.3 Å². The lowest BCUT2D eigenvalue weighted by Crippen LogP contribution is -2.03. The van der Waals surface area contributed by atoms with E-state index in [4.69, 9.17) is 27.9 Å². The maximum Gasteiger partial charge on any atom is 0.181 e. The van der Waals surface area contributed by atoms with E-state index in [0.29, 0.717) is 28.3 Å². The first-order valence-electron chi connectivity index (χ1n) is 4.95. The molecule has 0 aromatic carbocycles. The third-order valence-electron chi connectivity index (χ3n) is 2.13. The van der Waals surface area contributed by atoms with Gasteiger partial charge in [0.2, 0.25) is 0 Å². The van der Waals surface area contributed by atoms with E-state index in [2.05, 4.69) is 37.5 Å². The second kappa shape index (κ2) is 6.10. The molecule has 0 radical (unpaired) electrons. The molecule has 4 nitrogen and oxygen atoms in total. The van der Waals surface area contributed by atoms with E-state index < -0.39 is 0 Å². The highest BCUT2D eigenvalue weighted by Gasteiger charge is 2.14. The van der Waals surface area contributed by atoms with Crippen molar-refractivity contribution in [2.45, 2.75) is 6.61 Å². The molecule has 0 saturated carbocycles. The highest BCUT2D eigenvalue weighted by atomic mass is 127. The largest absolute Gasteiger partial charge is 0.378 e. The first-order chi connectivity index (χ1) is 8.63. The molecule has 0 unspecified atom stereocenters. The molecule has 2 heterocycles. The second-order valence-corrected chi connectivity index (χ2v) is 5.21. The van der Waals surface area contributed by atoms with E-state index in [1.54, 1.807) is 25.4 Å². The minimum Gasteiger partial charge on any atom is -0.378 e. The van der Waals surface area contributed by atoms with Gasteiger partial charge in [-0.2, -0.15) is 0 Å². The molecule has 2 aromatic rings. The highest BCUT2D eigenvalue weighted by Crippen LogP contribution is 2.27. The summed E-state index contributed by atoms with van der Waals surface area (Å²) in [6, 6.07) is 3.48. The van der Waals surface area contributed by atoms with Gasteiger partial charge in [-0.15, -0.1) is 0 Å². The van der Waals surface area contributed by atoms with E-state index in [1.807, 2.05) is 0 Å². The second-order valence-electron chi connectivity index (χ2n) is 3.37. The van der Waals surface area contributed by atoms with Crippen LogP contribution >= 0.6 is 45.8 Å². The third kappa shape index (κ3) is 2.90. The van der Waals surface area contributed by atoms with Gasteiger partial charge < -0.3 is 4.74 Å². The highest BCUT2D eigenvalue weighted by molar-refractivity contribution is 14.1. The van der Waals surface area contributed by atoms with Gasteiger partial charge >= 0.3 is 0 Å². The average molecular weight is 396 g/mol. The van der Waals surface area contributed by atoms with Crippen LogP contribution in [-0.4, -0.2) is 22.1 Å². The van der Waals surface area contributed by atoms with Gasteiger partial charge in [-0.3, -0.25) is 4.98 Å². The molecule has 18 heavy (non-hydrogen) atoms. The van der Waals surface area contributed by atoms with Gasteiger partial charge in [0.05, 0.1) is 20.9 Å². The van der Waals surface area contributed by atoms with Gasteiger partial charge in [0.15, 0.2) is 5.82 Å². The van der Waals surface area contributed by atoms with Crippen molar-refractivity contribution in [3.8, 4) is 11.5 Å². The Hall–Kier alpha value is -0.500. The minimum atomic E-state index is 0.359. The lowest BCUT2D eigenvalue weighted by molar-refractivity contribution is 0.181. The average Bonchev–Trinajstić information content (AvgIpc) is 2.35. The normalized spacial score (nSPS) is 10.7. The number of halogens is 3. The van der Waals surface area contributed by atoms with Crippen LogP contribution in [0.2, 0.25) is 10.2 Å². The molecule has 7 heteroatoms. The van der Waals surface area contributed by atoms with E-state index >= 15 is 0 Å². The number of nitrogens with zero attached hydrogens (tertiary/aromatic N) is 3. The summed E-state index contributed by atoms with van der Waals surface area (Å²) in [6.07, 6.45) is 1.63. The molecule has 0 saturated heterocycles. The van der Waals surface area contributed by atoms with Crippen LogP contribution in [0.1, 0.15) is 5.69 Å². The molecular formula is C11H8Cl2IN3O. The van der Waals surface area contributed by atoms with Gasteiger partial charge in [-0.05, 0) is 34.7 Å². The smallest absolute Gasteiger partial charge is 0.181 e. The van der Waals surface area contributed by atoms with Crippen molar-refractivity contribution in [1.29, 1.82) is 0 Å². The van der Waals surface area contributed by atoms with E-state index in [9.17, 15) is 0 Å².